The second kappa shape index (κ2) is 5.32. The molecule has 1 aliphatic carbocycles. The van der Waals surface area contributed by atoms with E-state index in [-0.39, 0.29) is 6.54 Å². The number of nitrogens with one attached hydrogen (secondary N) is 1. The van der Waals surface area contributed by atoms with Crippen molar-refractivity contribution in [2.24, 2.45) is 0 Å². The normalized spacial score (nSPS) is 17.3. The largest absolute Gasteiger partial charge is 0.477 e. The molecule has 0 unspecified atom stereocenters. The Bertz CT molecular complexity index is 685. The highest BCUT2D eigenvalue weighted by atomic mass is 32.2. The van der Waals surface area contributed by atoms with E-state index in [2.05, 4.69) is 0 Å². The Morgan fingerprint density at radius 1 is 1.33 bits per heavy atom. The van der Waals surface area contributed by atoms with E-state index in [1.165, 1.54) is 0 Å². The molecule has 2 rings (SSSR count). The molecule has 0 heterocycles. The predicted octanol–water partition coefficient (Wildman–Crippen LogP) is 0.856. The fourth-order valence-corrected chi connectivity index (χ4v) is 3.21. The molecule has 0 saturated heterocycles. The van der Waals surface area contributed by atoms with E-state index in [1.54, 1.807) is 0 Å². The Labute approximate surface area is 119 Å². The standard InChI is InChI=1S/C12H13F2NO5S/c13-7-2-3-8(10(14)9(7)11(16)17)21(19,20)15-6-12(18)4-1-5-12/h2-3,15,18H,1,4-6H2,(H,16,17). The van der Waals surface area contributed by atoms with Crippen molar-refractivity contribution in [2.75, 3.05) is 6.54 Å². The second-order valence-electron chi connectivity index (χ2n) is 4.94. The summed E-state index contributed by atoms with van der Waals surface area (Å²) >= 11 is 0. The molecule has 3 N–H and O–H groups in total. The van der Waals surface area contributed by atoms with E-state index >= 15 is 0 Å². The molecule has 0 aliphatic heterocycles. The van der Waals surface area contributed by atoms with Crippen LogP contribution in [0.2, 0.25) is 0 Å². The minimum Gasteiger partial charge on any atom is -0.477 e. The zero-order valence-electron chi connectivity index (χ0n) is 10.8. The topological polar surface area (TPSA) is 104 Å². The molecule has 0 atom stereocenters. The summed E-state index contributed by atoms with van der Waals surface area (Å²) < 4.78 is 53.0. The molecule has 1 aromatic rings. The number of benzene rings is 1. The molecule has 1 aliphatic rings. The number of rotatable bonds is 5. The van der Waals surface area contributed by atoms with Gasteiger partial charge in [0.2, 0.25) is 10.0 Å². The Hall–Kier alpha value is -1.58. The molecule has 21 heavy (non-hydrogen) atoms. The van der Waals surface area contributed by atoms with Gasteiger partial charge < -0.3 is 10.2 Å². The first-order valence-electron chi connectivity index (χ1n) is 6.10. The minimum atomic E-state index is -4.39. The average molecular weight is 321 g/mol. The van der Waals surface area contributed by atoms with Crippen molar-refractivity contribution in [3.8, 4) is 0 Å². The molecular weight excluding hydrogens is 308 g/mol. The van der Waals surface area contributed by atoms with E-state index < -0.39 is 43.7 Å². The van der Waals surface area contributed by atoms with E-state index in [0.717, 1.165) is 6.42 Å². The molecule has 1 fully saturated rings. The molecule has 9 heteroatoms. The zero-order chi connectivity index (χ0) is 15.8. The SMILES string of the molecule is O=C(O)c1c(F)ccc(S(=O)(=O)NCC2(O)CCC2)c1F. The van der Waals surface area contributed by atoms with Crippen LogP contribution in [0.25, 0.3) is 0 Å². The fraction of sp³-hybridized carbons (Fsp3) is 0.417. The average Bonchev–Trinajstić information content (AvgIpc) is 2.33. The molecule has 0 spiro atoms. The maximum Gasteiger partial charge on any atom is 0.341 e. The van der Waals surface area contributed by atoms with Gasteiger partial charge in [-0.15, -0.1) is 0 Å². The molecule has 0 amide bonds. The number of carboxylic acid groups (broad SMARTS) is 1. The Morgan fingerprint density at radius 3 is 2.43 bits per heavy atom. The van der Waals surface area contributed by atoms with Crippen molar-refractivity contribution in [1.29, 1.82) is 0 Å². The predicted molar refractivity (Wildman–Crippen MR) is 67.3 cm³/mol. The number of aliphatic hydroxyl groups is 1. The van der Waals surface area contributed by atoms with Crippen LogP contribution in [0.15, 0.2) is 17.0 Å². The lowest BCUT2D eigenvalue weighted by atomic mass is 9.81. The van der Waals surface area contributed by atoms with E-state index in [0.29, 0.717) is 25.0 Å². The van der Waals surface area contributed by atoms with Crippen LogP contribution in [-0.4, -0.2) is 36.7 Å². The smallest absolute Gasteiger partial charge is 0.341 e. The summed E-state index contributed by atoms with van der Waals surface area (Å²) in [7, 11) is -4.39. The maximum atomic E-state index is 13.9. The van der Waals surface area contributed by atoms with Crippen LogP contribution in [0.3, 0.4) is 0 Å². The zero-order valence-corrected chi connectivity index (χ0v) is 11.6. The van der Waals surface area contributed by atoms with E-state index in [9.17, 15) is 27.1 Å². The number of sulfonamides is 1. The van der Waals surface area contributed by atoms with Crippen LogP contribution in [0.1, 0.15) is 29.6 Å². The van der Waals surface area contributed by atoms with Gasteiger partial charge in [0.05, 0.1) is 5.60 Å². The molecule has 116 valence electrons. The number of carboxylic acids is 1. The highest BCUT2D eigenvalue weighted by Gasteiger charge is 2.36. The Kier molecular flexibility index (Phi) is 4.00. The molecule has 0 aromatic heterocycles. The Balaban J connectivity index is 2.32. The van der Waals surface area contributed by atoms with Crippen LogP contribution >= 0.6 is 0 Å². The van der Waals surface area contributed by atoms with Crippen molar-refractivity contribution in [3.63, 3.8) is 0 Å². The van der Waals surface area contributed by atoms with Gasteiger partial charge in [-0.2, -0.15) is 0 Å². The van der Waals surface area contributed by atoms with Crippen LogP contribution in [0, 0.1) is 11.6 Å². The lowest BCUT2D eigenvalue weighted by molar-refractivity contribution is -0.0271. The monoisotopic (exact) mass is 321 g/mol. The van der Waals surface area contributed by atoms with E-state index in [4.69, 9.17) is 5.11 Å². The van der Waals surface area contributed by atoms with Gasteiger partial charge in [0.15, 0.2) is 5.82 Å². The van der Waals surface area contributed by atoms with Crippen LogP contribution in [-0.2, 0) is 10.0 Å². The Morgan fingerprint density at radius 2 is 1.95 bits per heavy atom. The first-order chi connectivity index (χ1) is 9.66. The van der Waals surface area contributed by atoms with Gasteiger partial charge in [-0.05, 0) is 31.4 Å². The lowest BCUT2D eigenvalue weighted by Gasteiger charge is -2.36. The highest BCUT2D eigenvalue weighted by Crippen LogP contribution is 2.31. The summed E-state index contributed by atoms with van der Waals surface area (Å²) in [5.74, 6) is -4.94. The van der Waals surface area contributed by atoms with Gasteiger partial charge in [-0.25, -0.2) is 26.7 Å². The van der Waals surface area contributed by atoms with Gasteiger partial charge in [0, 0.05) is 6.54 Å². The maximum absolute atomic E-state index is 13.9. The van der Waals surface area contributed by atoms with Gasteiger partial charge in [0.1, 0.15) is 16.3 Å². The number of hydrogen-bond acceptors (Lipinski definition) is 4. The molecule has 1 saturated carbocycles. The van der Waals surface area contributed by atoms with Crippen molar-refractivity contribution in [2.45, 2.75) is 29.8 Å². The third kappa shape index (κ3) is 3.04. The van der Waals surface area contributed by atoms with Crippen molar-refractivity contribution in [3.05, 3.63) is 29.3 Å². The number of hydrogen-bond donors (Lipinski definition) is 3. The summed E-state index contributed by atoms with van der Waals surface area (Å²) in [5.41, 5.74) is -2.50. The van der Waals surface area contributed by atoms with Gasteiger partial charge in [0.25, 0.3) is 0 Å². The summed E-state index contributed by atoms with van der Waals surface area (Å²) in [6.45, 7) is -0.311. The second-order valence-corrected chi connectivity index (χ2v) is 6.68. The van der Waals surface area contributed by atoms with Crippen LogP contribution < -0.4 is 4.72 Å². The minimum absolute atomic E-state index is 0.311. The summed E-state index contributed by atoms with van der Waals surface area (Å²) in [4.78, 5) is 9.79. The summed E-state index contributed by atoms with van der Waals surface area (Å²) in [6, 6.07) is 1.21. The molecule has 0 bridgehead atoms. The van der Waals surface area contributed by atoms with Crippen LogP contribution in [0.4, 0.5) is 8.78 Å². The lowest BCUT2D eigenvalue weighted by Crippen LogP contribution is -2.47. The van der Waals surface area contributed by atoms with E-state index in [1.807, 2.05) is 4.72 Å². The van der Waals surface area contributed by atoms with Crippen molar-refractivity contribution in [1.82, 2.24) is 4.72 Å². The third-order valence-electron chi connectivity index (χ3n) is 3.43. The molecular formula is C12H13F2NO5S. The third-order valence-corrected chi connectivity index (χ3v) is 4.85. The quantitative estimate of drug-likeness (QED) is 0.746. The van der Waals surface area contributed by atoms with Gasteiger partial charge in [-0.3, -0.25) is 0 Å². The fourth-order valence-electron chi connectivity index (χ4n) is 2.01. The highest BCUT2D eigenvalue weighted by molar-refractivity contribution is 7.89. The van der Waals surface area contributed by atoms with Crippen molar-refractivity contribution < 1.29 is 32.2 Å². The molecule has 1 aromatic carbocycles. The molecule has 0 radical (unpaired) electrons. The molecule has 6 nitrogen and oxygen atoms in total. The first-order valence-corrected chi connectivity index (χ1v) is 7.58. The van der Waals surface area contributed by atoms with Crippen molar-refractivity contribution >= 4 is 16.0 Å². The number of halogens is 2. The summed E-state index contributed by atoms with van der Waals surface area (Å²) in [6.07, 6.45) is 1.59. The van der Waals surface area contributed by atoms with Gasteiger partial charge in [-0.1, -0.05) is 0 Å². The first kappa shape index (κ1) is 15.8. The summed E-state index contributed by atoms with van der Waals surface area (Å²) in [5, 5.41) is 18.5. The number of carbonyl (C=O) groups is 1. The van der Waals surface area contributed by atoms with Gasteiger partial charge >= 0.3 is 5.97 Å². The number of aromatic carboxylic acids is 1. The van der Waals surface area contributed by atoms with Crippen LogP contribution in [0.5, 0.6) is 0 Å².